The van der Waals surface area contributed by atoms with Crippen molar-refractivity contribution >= 4 is 11.7 Å². The number of carbonyl (C=O) groups is 1. The zero-order valence-corrected chi connectivity index (χ0v) is 14.7. The first-order valence-electron chi connectivity index (χ1n) is 7.79. The van der Waals surface area contributed by atoms with Crippen LogP contribution in [-0.4, -0.2) is 25.7 Å². The molecule has 0 saturated carbocycles. The molecule has 3 aromatic heterocycles. The molecule has 0 saturated heterocycles. The second-order valence-electron chi connectivity index (χ2n) is 5.96. The number of anilines is 1. The second kappa shape index (κ2) is 6.04. The van der Waals surface area contributed by atoms with Crippen molar-refractivity contribution < 1.29 is 9.21 Å². The molecule has 8 nitrogen and oxygen atoms in total. The maximum atomic E-state index is 12.5. The number of carbonyl (C=O) groups excluding carboxylic acids is 1. The third kappa shape index (κ3) is 3.10. The standard InChI is InChI=1S/C17H19N5O3/c1-8-6-14(19-16(24)13-7-9(2)25-12(13)5)22(21-8)17-18-11(4)10(3)15(23)20-17/h6-7H,1-5H3,(H,19,24)(H,18,20,23). The number of H-pyrrole nitrogens is 1. The molecule has 3 rings (SSSR count). The van der Waals surface area contributed by atoms with Gasteiger partial charge < -0.3 is 9.73 Å². The van der Waals surface area contributed by atoms with Crippen LogP contribution in [0.2, 0.25) is 0 Å². The Morgan fingerprint density at radius 1 is 1.20 bits per heavy atom. The lowest BCUT2D eigenvalue weighted by molar-refractivity contribution is 0.102. The summed E-state index contributed by atoms with van der Waals surface area (Å²) in [5.41, 5.74) is 2.03. The largest absolute Gasteiger partial charge is 0.466 e. The molecule has 2 N–H and O–H groups in total. The maximum Gasteiger partial charge on any atom is 0.260 e. The van der Waals surface area contributed by atoms with Gasteiger partial charge in [0.25, 0.3) is 11.5 Å². The Morgan fingerprint density at radius 3 is 2.52 bits per heavy atom. The van der Waals surface area contributed by atoms with Crippen molar-refractivity contribution in [1.82, 2.24) is 19.7 Å². The number of nitrogens with one attached hydrogen (secondary N) is 2. The molecule has 3 heterocycles. The summed E-state index contributed by atoms with van der Waals surface area (Å²) in [4.78, 5) is 31.6. The van der Waals surface area contributed by atoms with Gasteiger partial charge in [0.2, 0.25) is 5.95 Å². The molecular formula is C17H19N5O3. The smallest absolute Gasteiger partial charge is 0.260 e. The molecule has 0 aromatic carbocycles. The van der Waals surface area contributed by atoms with Crippen molar-refractivity contribution in [3.05, 3.63) is 56.5 Å². The summed E-state index contributed by atoms with van der Waals surface area (Å²) in [5.74, 6) is 1.54. The number of hydrogen-bond acceptors (Lipinski definition) is 5. The molecule has 0 aliphatic heterocycles. The Hall–Kier alpha value is -3.16. The minimum atomic E-state index is -0.318. The Balaban J connectivity index is 2.01. The number of rotatable bonds is 3. The molecule has 1 amide bonds. The van der Waals surface area contributed by atoms with E-state index in [-0.39, 0.29) is 17.4 Å². The highest BCUT2D eigenvalue weighted by Gasteiger charge is 2.18. The molecule has 0 bridgehead atoms. The fraction of sp³-hybridized carbons (Fsp3) is 0.294. The SMILES string of the molecule is Cc1cc(NC(=O)c2cc(C)oc2C)n(-c2nc(C)c(C)c(=O)[nH]2)n1. The predicted molar refractivity (Wildman–Crippen MR) is 92.3 cm³/mol. The fourth-order valence-corrected chi connectivity index (χ4v) is 2.52. The van der Waals surface area contributed by atoms with Gasteiger partial charge in [-0.1, -0.05) is 0 Å². The molecule has 3 aromatic rings. The molecule has 8 heteroatoms. The minimum absolute atomic E-state index is 0.241. The lowest BCUT2D eigenvalue weighted by Gasteiger charge is -2.09. The number of aromatic nitrogens is 4. The van der Waals surface area contributed by atoms with Gasteiger partial charge in [-0.05, 0) is 40.7 Å². The molecule has 0 aliphatic rings. The van der Waals surface area contributed by atoms with E-state index in [1.54, 1.807) is 46.8 Å². The molecule has 0 unspecified atom stereocenters. The van der Waals surface area contributed by atoms with Gasteiger partial charge >= 0.3 is 0 Å². The van der Waals surface area contributed by atoms with Gasteiger partial charge in [-0.15, -0.1) is 0 Å². The highest BCUT2D eigenvalue weighted by atomic mass is 16.3. The van der Waals surface area contributed by atoms with Crippen LogP contribution in [0.25, 0.3) is 5.95 Å². The predicted octanol–water partition coefficient (Wildman–Crippen LogP) is 2.34. The van der Waals surface area contributed by atoms with Gasteiger partial charge in [-0.3, -0.25) is 14.6 Å². The van der Waals surface area contributed by atoms with Crippen LogP contribution in [0.15, 0.2) is 21.3 Å². The van der Waals surface area contributed by atoms with Gasteiger partial charge in [-0.25, -0.2) is 4.98 Å². The number of nitrogens with zero attached hydrogens (tertiary/aromatic N) is 3. The molecule has 0 fully saturated rings. The zero-order chi connectivity index (χ0) is 18.3. The van der Waals surface area contributed by atoms with E-state index in [4.69, 9.17) is 4.42 Å². The maximum absolute atomic E-state index is 12.5. The summed E-state index contributed by atoms with van der Waals surface area (Å²) < 4.78 is 6.80. The number of furan rings is 1. The average molecular weight is 341 g/mol. The quantitative estimate of drug-likeness (QED) is 0.760. The first-order chi connectivity index (χ1) is 11.8. The van der Waals surface area contributed by atoms with Crippen molar-refractivity contribution in [1.29, 1.82) is 0 Å². The lowest BCUT2D eigenvalue weighted by Crippen LogP contribution is -2.21. The highest BCUT2D eigenvalue weighted by Crippen LogP contribution is 2.18. The van der Waals surface area contributed by atoms with E-state index in [0.29, 0.717) is 39.9 Å². The lowest BCUT2D eigenvalue weighted by atomic mass is 10.2. The Bertz CT molecular complexity index is 1030. The molecule has 0 radical (unpaired) electrons. The summed E-state index contributed by atoms with van der Waals surface area (Å²) in [6.45, 7) is 8.75. The monoisotopic (exact) mass is 341 g/mol. The van der Waals surface area contributed by atoms with Crippen LogP contribution in [0.1, 0.15) is 38.8 Å². The van der Waals surface area contributed by atoms with Gasteiger partial charge in [0.1, 0.15) is 17.3 Å². The van der Waals surface area contributed by atoms with Gasteiger partial charge in [0, 0.05) is 17.3 Å². The number of aryl methyl sites for hydroxylation is 4. The minimum Gasteiger partial charge on any atom is -0.466 e. The van der Waals surface area contributed by atoms with Crippen molar-refractivity contribution in [2.45, 2.75) is 34.6 Å². The summed E-state index contributed by atoms with van der Waals surface area (Å²) in [5, 5.41) is 7.11. The summed E-state index contributed by atoms with van der Waals surface area (Å²) in [6.07, 6.45) is 0. The summed E-state index contributed by atoms with van der Waals surface area (Å²) in [7, 11) is 0. The summed E-state index contributed by atoms with van der Waals surface area (Å²) >= 11 is 0. The normalized spacial score (nSPS) is 10.9. The van der Waals surface area contributed by atoms with E-state index in [1.165, 1.54) is 4.68 Å². The summed E-state index contributed by atoms with van der Waals surface area (Å²) in [6, 6.07) is 3.38. The van der Waals surface area contributed by atoms with Crippen LogP contribution in [0.3, 0.4) is 0 Å². The molecule has 0 aliphatic carbocycles. The second-order valence-corrected chi connectivity index (χ2v) is 5.96. The van der Waals surface area contributed by atoms with E-state index in [9.17, 15) is 9.59 Å². The van der Waals surface area contributed by atoms with E-state index < -0.39 is 0 Å². The van der Waals surface area contributed by atoms with Crippen molar-refractivity contribution in [3.8, 4) is 5.95 Å². The molecule has 0 spiro atoms. The van der Waals surface area contributed by atoms with Crippen LogP contribution >= 0.6 is 0 Å². The number of aromatic amines is 1. The molecular weight excluding hydrogens is 322 g/mol. The highest BCUT2D eigenvalue weighted by molar-refractivity contribution is 6.04. The Morgan fingerprint density at radius 2 is 1.92 bits per heavy atom. The molecule has 0 atom stereocenters. The Labute approximate surface area is 143 Å². The molecule has 130 valence electrons. The van der Waals surface area contributed by atoms with E-state index >= 15 is 0 Å². The zero-order valence-electron chi connectivity index (χ0n) is 14.7. The first-order valence-corrected chi connectivity index (χ1v) is 7.79. The van der Waals surface area contributed by atoms with E-state index in [1.807, 2.05) is 0 Å². The first kappa shape index (κ1) is 16.7. The van der Waals surface area contributed by atoms with Crippen molar-refractivity contribution in [2.75, 3.05) is 5.32 Å². The molecule has 25 heavy (non-hydrogen) atoms. The van der Waals surface area contributed by atoms with E-state index in [0.717, 1.165) is 0 Å². The van der Waals surface area contributed by atoms with E-state index in [2.05, 4.69) is 20.4 Å². The van der Waals surface area contributed by atoms with Crippen LogP contribution < -0.4 is 10.9 Å². The number of hydrogen-bond donors (Lipinski definition) is 2. The van der Waals surface area contributed by atoms with Crippen LogP contribution in [0.5, 0.6) is 0 Å². The average Bonchev–Trinajstić information content (AvgIpc) is 3.06. The Kier molecular flexibility index (Phi) is 4.03. The van der Waals surface area contributed by atoms with Crippen LogP contribution in [-0.2, 0) is 0 Å². The number of amides is 1. The van der Waals surface area contributed by atoms with Gasteiger partial charge in [0.15, 0.2) is 0 Å². The topological polar surface area (TPSA) is 106 Å². The van der Waals surface area contributed by atoms with Gasteiger partial charge in [0.05, 0.1) is 11.3 Å². The van der Waals surface area contributed by atoms with Gasteiger partial charge in [-0.2, -0.15) is 9.78 Å². The van der Waals surface area contributed by atoms with Crippen molar-refractivity contribution in [3.63, 3.8) is 0 Å². The van der Waals surface area contributed by atoms with Crippen LogP contribution in [0.4, 0.5) is 5.82 Å². The van der Waals surface area contributed by atoms with Crippen molar-refractivity contribution in [2.24, 2.45) is 0 Å². The van der Waals surface area contributed by atoms with Crippen LogP contribution in [0, 0.1) is 34.6 Å². The fourth-order valence-electron chi connectivity index (χ4n) is 2.52. The third-order valence-electron chi connectivity index (χ3n) is 3.94. The third-order valence-corrected chi connectivity index (χ3v) is 3.94.